The Balaban J connectivity index is 2.24. The van der Waals surface area contributed by atoms with E-state index in [1.165, 1.54) is 6.07 Å². The number of aliphatic hydroxyl groups is 1. The van der Waals surface area contributed by atoms with Crippen LogP contribution in [-0.4, -0.2) is 27.5 Å². The van der Waals surface area contributed by atoms with E-state index in [1.54, 1.807) is 6.92 Å². The standard InChI is InChI=1S/C17H19N3O4/c1-12-15(10-14(11-18-12)20(23)24)17(22)19-16(8-5-9-21)13-6-3-2-4-7-13/h2-4,6-7,10-11,16,21H,5,8-9H2,1H3,(H,19,22). The van der Waals surface area contributed by atoms with Gasteiger partial charge in [0, 0.05) is 12.7 Å². The molecule has 7 nitrogen and oxygen atoms in total. The summed E-state index contributed by atoms with van der Waals surface area (Å²) in [7, 11) is 0. The molecule has 0 radical (unpaired) electrons. The lowest BCUT2D eigenvalue weighted by atomic mass is 10.0. The number of benzene rings is 1. The van der Waals surface area contributed by atoms with E-state index in [0.717, 1.165) is 11.8 Å². The fraction of sp³-hybridized carbons (Fsp3) is 0.294. The number of nitro groups is 1. The quantitative estimate of drug-likeness (QED) is 0.600. The first-order valence-electron chi connectivity index (χ1n) is 7.60. The third kappa shape index (κ3) is 4.36. The van der Waals surface area contributed by atoms with Crippen LogP contribution in [-0.2, 0) is 0 Å². The number of nitrogens with zero attached hydrogens (tertiary/aromatic N) is 2. The normalized spacial score (nSPS) is 11.8. The molecule has 2 aromatic rings. The van der Waals surface area contributed by atoms with E-state index in [1.807, 2.05) is 30.3 Å². The predicted octanol–water partition coefficient (Wildman–Crippen LogP) is 2.54. The van der Waals surface area contributed by atoms with Crippen molar-refractivity contribution in [3.8, 4) is 0 Å². The maximum Gasteiger partial charge on any atom is 0.288 e. The van der Waals surface area contributed by atoms with Gasteiger partial charge in [0.05, 0.1) is 22.2 Å². The molecule has 7 heteroatoms. The molecule has 1 heterocycles. The van der Waals surface area contributed by atoms with Gasteiger partial charge in [-0.05, 0) is 25.3 Å². The van der Waals surface area contributed by atoms with Crippen molar-refractivity contribution in [1.29, 1.82) is 0 Å². The molecule has 1 amide bonds. The number of carbonyl (C=O) groups excluding carboxylic acids is 1. The van der Waals surface area contributed by atoms with Gasteiger partial charge in [-0.2, -0.15) is 0 Å². The van der Waals surface area contributed by atoms with Crippen LogP contribution in [0.1, 0.15) is 40.5 Å². The minimum Gasteiger partial charge on any atom is -0.396 e. The van der Waals surface area contributed by atoms with E-state index in [4.69, 9.17) is 5.11 Å². The Bertz CT molecular complexity index is 719. The molecule has 24 heavy (non-hydrogen) atoms. The molecule has 2 rings (SSSR count). The molecule has 0 saturated carbocycles. The number of carbonyl (C=O) groups is 1. The molecule has 0 aliphatic rings. The Morgan fingerprint density at radius 2 is 2.08 bits per heavy atom. The zero-order chi connectivity index (χ0) is 17.5. The monoisotopic (exact) mass is 329 g/mol. The van der Waals surface area contributed by atoms with Gasteiger partial charge in [-0.25, -0.2) is 0 Å². The highest BCUT2D eigenvalue weighted by molar-refractivity contribution is 5.96. The molecule has 0 fully saturated rings. The number of rotatable bonds is 7. The summed E-state index contributed by atoms with van der Waals surface area (Å²) >= 11 is 0. The van der Waals surface area contributed by atoms with Gasteiger partial charge in [-0.15, -0.1) is 0 Å². The van der Waals surface area contributed by atoms with Crippen molar-refractivity contribution >= 4 is 11.6 Å². The van der Waals surface area contributed by atoms with Crippen LogP contribution in [0.15, 0.2) is 42.6 Å². The first-order chi connectivity index (χ1) is 11.5. The third-order valence-electron chi connectivity index (χ3n) is 3.69. The molecule has 1 aromatic carbocycles. The lowest BCUT2D eigenvalue weighted by Crippen LogP contribution is -2.29. The second-order valence-electron chi connectivity index (χ2n) is 5.39. The molecule has 0 aliphatic heterocycles. The number of aryl methyl sites for hydroxylation is 1. The highest BCUT2D eigenvalue weighted by atomic mass is 16.6. The molecule has 0 saturated heterocycles. The number of amides is 1. The van der Waals surface area contributed by atoms with Crippen LogP contribution in [0, 0.1) is 17.0 Å². The number of aliphatic hydroxyl groups excluding tert-OH is 1. The van der Waals surface area contributed by atoms with Crippen molar-refractivity contribution in [2.45, 2.75) is 25.8 Å². The smallest absolute Gasteiger partial charge is 0.288 e. The Kier molecular flexibility index (Phi) is 5.97. The Morgan fingerprint density at radius 3 is 2.71 bits per heavy atom. The molecule has 2 N–H and O–H groups in total. The maximum atomic E-state index is 12.6. The summed E-state index contributed by atoms with van der Waals surface area (Å²) in [5, 5.41) is 22.8. The SMILES string of the molecule is Cc1ncc([N+](=O)[O-])cc1C(=O)NC(CCCO)c1ccccc1. The van der Waals surface area contributed by atoms with Gasteiger partial charge in [0.2, 0.25) is 0 Å². The largest absolute Gasteiger partial charge is 0.396 e. The fourth-order valence-corrected chi connectivity index (χ4v) is 2.39. The minimum absolute atomic E-state index is 0.0244. The fourth-order valence-electron chi connectivity index (χ4n) is 2.39. The molecule has 0 aliphatic carbocycles. The highest BCUT2D eigenvalue weighted by Crippen LogP contribution is 2.20. The van der Waals surface area contributed by atoms with Crippen LogP contribution in [0.2, 0.25) is 0 Å². The van der Waals surface area contributed by atoms with Crippen LogP contribution >= 0.6 is 0 Å². The summed E-state index contributed by atoms with van der Waals surface area (Å²) in [6, 6.07) is 10.3. The second-order valence-corrected chi connectivity index (χ2v) is 5.39. The molecule has 1 unspecified atom stereocenters. The summed E-state index contributed by atoms with van der Waals surface area (Å²) in [5.41, 5.74) is 1.29. The first kappa shape index (κ1) is 17.6. The van der Waals surface area contributed by atoms with Crippen molar-refractivity contribution in [1.82, 2.24) is 10.3 Å². The van der Waals surface area contributed by atoms with Crippen LogP contribution in [0.4, 0.5) is 5.69 Å². The number of pyridine rings is 1. The molecular formula is C17H19N3O4. The average molecular weight is 329 g/mol. The summed E-state index contributed by atoms with van der Waals surface area (Å²) < 4.78 is 0. The van der Waals surface area contributed by atoms with Crippen LogP contribution in [0.3, 0.4) is 0 Å². The van der Waals surface area contributed by atoms with Gasteiger partial charge in [0.1, 0.15) is 6.20 Å². The summed E-state index contributed by atoms with van der Waals surface area (Å²) in [4.78, 5) is 26.8. The van der Waals surface area contributed by atoms with Gasteiger partial charge in [0.15, 0.2) is 0 Å². The summed E-state index contributed by atoms with van der Waals surface area (Å²) in [6.45, 7) is 1.65. The number of aromatic nitrogens is 1. The molecule has 1 atom stereocenters. The van der Waals surface area contributed by atoms with Crippen molar-refractivity contribution in [3.05, 3.63) is 69.5 Å². The number of nitrogens with one attached hydrogen (secondary N) is 1. The van der Waals surface area contributed by atoms with Crippen molar-refractivity contribution in [2.24, 2.45) is 0 Å². The zero-order valence-electron chi connectivity index (χ0n) is 13.3. The first-order valence-corrected chi connectivity index (χ1v) is 7.60. The number of hydrogen-bond acceptors (Lipinski definition) is 5. The van der Waals surface area contributed by atoms with Gasteiger partial charge >= 0.3 is 0 Å². The van der Waals surface area contributed by atoms with Gasteiger partial charge in [0.25, 0.3) is 11.6 Å². The summed E-state index contributed by atoms with van der Waals surface area (Å²) in [5.74, 6) is -0.421. The minimum atomic E-state index is -0.580. The topological polar surface area (TPSA) is 105 Å². The van der Waals surface area contributed by atoms with Crippen LogP contribution < -0.4 is 5.32 Å². The van der Waals surface area contributed by atoms with E-state index in [9.17, 15) is 14.9 Å². The van der Waals surface area contributed by atoms with Gasteiger partial charge < -0.3 is 10.4 Å². The Hall–Kier alpha value is -2.80. The Labute approximate surface area is 139 Å². The molecular weight excluding hydrogens is 310 g/mol. The maximum absolute atomic E-state index is 12.6. The number of hydrogen-bond donors (Lipinski definition) is 2. The highest BCUT2D eigenvalue weighted by Gasteiger charge is 2.20. The van der Waals surface area contributed by atoms with E-state index in [2.05, 4.69) is 10.3 Å². The average Bonchev–Trinajstić information content (AvgIpc) is 2.59. The van der Waals surface area contributed by atoms with E-state index >= 15 is 0 Å². The molecule has 126 valence electrons. The van der Waals surface area contributed by atoms with Gasteiger partial charge in [-0.1, -0.05) is 30.3 Å². The Morgan fingerprint density at radius 1 is 1.38 bits per heavy atom. The summed E-state index contributed by atoms with van der Waals surface area (Å²) in [6.07, 6.45) is 2.23. The van der Waals surface area contributed by atoms with Crippen molar-refractivity contribution < 1.29 is 14.8 Å². The predicted molar refractivity (Wildman–Crippen MR) is 88.6 cm³/mol. The zero-order valence-corrected chi connectivity index (χ0v) is 13.3. The molecule has 1 aromatic heterocycles. The molecule has 0 spiro atoms. The third-order valence-corrected chi connectivity index (χ3v) is 3.69. The molecule has 0 bridgehead atoms. The lowest BCUT2D eigenvalue weighted by Gasteiger charge is -2.19. The lowest BCUT2D eigenvalue weighted by molar-refractivity contribution is -0.385. The van der Waals surface area contributed by atoms with Gasteiger partial charge in [-0.3, -0.25) is 19.9 Å². The van der Waals surface area contributed by atoms with Crippen LogP contribution in [0.5, 0.6) is 0 Å². The second kappa shape index (κ2) is 8.16. The van der Waals surface area contributed by atoms with E-state index in [-0.39, 0.29) is 23.9 Å². The van der Waals surface area contributed by atoms with E-state index < -0.39 is 10.8 Å². The van der Waals surface area contributed by atoms with E-state index in [0.29, 0.717) is 18.5 Å². The van der Waals surface area contributed by atoms with Crippen LogP contribution in [0.25, 0.3) is 0 Å². The van der Waals surface area contributed by atoms with Crippen molar-refractivity contribution in [2.75, 3.05) is 6.61 Å². The van der Waals surface area contributed by atoms with Crippen molar-refractivity contribution in [3.63, 3.8) is 0 Å².